The number of nitrogens with one attached hydrogen (secondary N) is 1. The van der Waals surface area contributed by atoms with E-state index in [1.807, 2.05) is 18.3 Å². The van der Waals surface area contributed by atoms with Gasteiger partial charge in [-0.1, -0.05) is 53.3 Å². The first-order valence-corrected chi connectivity index (χ1v) is 11.0. The van der Waals surface area contributed by atoms with Gasteiger partial charge in [0.05, 0.1) is 11.1 Å². The number of rotatable bonds is 5. The van der Waals surface area contributed by atoms with E-state index in [4.69, 9.17) is 4.98 Å². The molecule has 3 aromatic heterocycles. The summed E-state index contributed by atoms with van der Waals surface area (Å²) in [4.78, 5) is 9.93. The number of pyridine rings is 1. The molecule has 0 unspecified atom stereocenters. The molecular weight excluding hydrogens is 400 g/mol. The van der Waals surface area contributed by atoms with Gasteiger partial charge in [-0.2, -0.15) is 14.9 Å². The van der Waals surface area contributed by atoms with Crippen molar-refractivity contribution in [2.24, 2.45) is 0 Å². The molecule has 1 N–H and O–H groups in total. The lowest BCUT2D eigenvalue weighted by molar-refractivity contribution is 0.796. The molecule has 0 radical (unpaired) electrons. The predicted molar refractivity (Wildman–Crippen MR) is 120 cm³/mol. The van der Waals surface area contributed by atoms with Crippen LogP contribution in [0.25, 0.3) is 5.65 Å². The summed E-state index contributed by atoms with van der Waals surface area (Å²) in [5.74, 6) is 0.668. The molecule has 3 rings (SSSR count). The van der Waals surface area contributed by atoms with Crippen molar-refractivity contribution in [3.8, 4) is 6.07 Å². The third kappa shape index (κ3) is 5.43. The molecule has 0 aliphatic rings. The lowest BCUT2D eigenvalue weighted by atomic mass is 10.2. The largest absolute Gasteiger partial charge is 0.365 e. The van der Waals surface area contributed by atoms with E-state index >= 15 is 0 Å². The summed E-state index contributed by atoms with van der Waals surface area (Å²) in [6.07, 6.45) is 5.36. The highest BCUT2D eigenvalue weighted by Crippen LogP contribution is 2.39. The van der Waals surface area contributed by atoms with E-state index in [0.717, 1.165) is 21.1 Å². The minimum absolute atomic E-state index is 0.0288. The molecule has 0 saturated heterocycles. The minimum Gasteiger partial charge on any atom is -0.365 e. The summed E-state index contributed by atoms with van der Waals surface area (Å²) in [6, 6.07) is 6.25. The van der Waals surface area contributed by atoms with Crippen molar-refractivity contribution in [1.82, 2.24) is 19.6 Å². The normalized spacial score (nSPS) is 12.2. The molecular formula is C21H26N6S2. The Labute approximate surface area is 180 Å². The molecule has 0 saturated carbocycles. The average Bonchev–Trinajstić information content (AvgIpc) is 2.99. The Balaban J connectivity index is 2.13. The Bertz CT molecular complexity index is 1040. The third-order valence-electron chi connectivity index (χ3n) is 3.72. The molecule has 0 aromatic carbocycles. The van der Waals surface area contributed by atoms with Crippen LogP contribution in [-0.4, -0.2) is 29.1 Å². The van der Waals surface area contributed by atoms with E-state index in [-0.39, 0.29) is 9.49 Å². The number of aromatic nitrogens is 4. The Morgan fingerprint density at radius 3 is 2.31 bits per heavy atom. The van der Waals surface area contributed by atoms with Crippen LogP contribution < -0.4 is 5.32 Å². The van der Waals surface area contributed by atoms with Gasteiger partial charge in [-0.25, -0.2) is 4.98 Å². The second-order valence-electron chi connectivity index (χ2n) is 8.63. The van der Waals surface area contributed by atoms with E-state index in [2.05, 4.69) is 63.0 Å². The maximum Gasteiger partial charge on any atom is 0.172 e. The summed E-state index contributed by atoms with van der Waals surface area (Å²) in [6.45, 7) is 13.4. The van der Waals surface area contributed by atoms with E-state index < -0.39 is 0 Å². The maximum atomic E-state index is 9.95. The SMILES string of the molecule is CC(C)(C)Sc1nc2c(SC(C)(C)C)cnn2c(NCc2ccncc2)c1C#N. The van der Waals surface area contributed by atoms with E-state index in [0.29, 0.717) is 17.9 Å². The molecule has 6 nitrogen and oxygen atoms in total. The monoisotopic (exact) mass is 426 g/mol. The number of thioether (sulfide) groups is 2. The number of anilines is 1. The molecule has 0 atom stereocenters. The van der Waals surface area contributed by atoms with Crippen LogP contribution in [-0.2, 0) is 6.54 Å². The van der Waals surface area contributed by atoms with Crippen LogP contribution in [0.2, 0.25) is 0 Å². The molecule has 3 aromatic rings. The first-order chi connectivity index (χ1) is 13.6. The zero-order chi connectivity index (χ0) is 21.2. The van der Waals surface area contributed by atoms with Gasteiger partial charge in [0.2, 0.25) is 0 Å². The second kappa shape index (κ2) is 8.25. The molecule has 0 aliphatic heterocycles. The molecule has 3 heterocycles. The van der Waals surface area contributed by atoms with Gasteiger partial charge < -0.3 is 5.32 Å². The number of nitrogens with zero attached hydrogens (tertiary/aromatic N) is 5. The first-order valence-electron chi connectivity index (χ1n) is 9.40. The second-order valence-corrected chi connectivity index (χ2v) is 12.3. The molecule has 0 bridgehead atoms. The Kier molecular flexibility index (Phi) is 6.11. The summed E-state index contributed by atoms with van der Waals surface area (Å²) >= 11 is 3.32. The van der Waals surface area contributed by atoms with Crippen molar-refractivity contribution < 1.29 is 0 Å². The highest BCUT2D eigenvalue weighted by atomic mass is 32.2. The Morgan fingerprint density at radius 1 is 1.07 bits per heavy atom. The molecule has 0 spiro atoms. The quantitative estimate of drug-likeness (QED) is 0.433. The van der Waals surface area contributed by atoms with Crippen molar-refractivity contribution in [2.75, 3.05) is 5.32 Å². The fraction of sp³-hybridized carbons (Fsp3) is 0.429. The fourth-order valence-corrected chi connectivity index (χ4v) is 4.61. The van der Waals surface area contributed by atoms with Gasteiger partial charge in [0.25, 0.3) is 0 Å². The smallest absolute Gasteiger partial charge is 0.172 e. The first kappa shape index (κ1) is 21.5. The van der Waals surface area contributed by atoms with Crippen LogP contribution in [0.15, 0.2) is 40.6 Å². The summed E-state index contributed by atoms with van der Waals surface area (Å²) in [5, 5.41) is 18.6. The molecule has 8 heteroatoms. The molecule has 0 aliphatic carbocycles. The van der Waals surface area contributed by atoms with Crippen molar-refractivity contribution in [2.45, 2.75) is 67.5 Å². The highest BCUT2D eigenvalue weighted by molar-refractivity contribution is 8.01. The van der Waals surface area contributed by atoms with Crippen LogP contribution in [0.5, 0.6) is 0 Å². The molecule has 152 valence electrons. The minimum atomic E-state index is -0.0728. The van der Waals surface area contributed by atoms with Crippen LogP contribution in [0, 0.1) is 11.3 Å². The molecule has 0 fully saturated rings. The van der Waals surface area contributed by atoms with Gasteiger partial charge in [0.15, 0.2) is 11.5 Å². The average molecular weight is 427 g/mol. The van der Waals surface area contributed by atoms with E-state index in [1.54, 1.807) is 40.4 Å². The van der Waals surface area contributed by atoms with Crippen LogP contribution in [0.4, 0.5) is 5.82 Å². The number of nitriles is 1. The van der Waals surface area contributed by atoms with Crippen molar-refractivity contribution in [3.05, 3.63) is 41.9 Å². The number of hydrogen-bond acceptors (Lipinski definition) is 7. The highest BCUT2D eigenvalue weighted by Gasteiger charge is 2.24. The number of hydrogen-bond donors (Lipinski definition) is 1. The number of fused-ring (bicyclic) bond motifs is 1. The van der Waals surface area contributed by atoms with Crippen LogP contribution in [0.1, 0.15) is 52.7 Å². The lowest BCUT2D eigenvalue weighted by Gasteiger charge is -2.20. The standard InChI is InChI=1S/C21H26N6S2/c1-20(2,3)28-16-13-25-27-17(24-12-14-7-9-23-10-8-14)15(11-22)19(26-18(16)27)29-21(4,5)6/h7-10,13,24H,12H2,1-6H3. The fourth-order valence-electron chi connectivity index (χ4n) is 2.67. The van der Waals surface area contributed by atoms with E-state index in [9.17, 15) is 5.26 Å². The van der Waals surface area contributed by atoms with Crippen molar-refractivity contribution in [3.63, 3.8) is 0 Å². The van der Waals surface area contributed by atoms with E-state index in [1.165, 1.54) is 0 Å². The summed E-state index contributed by atoms with van der Waals surface area (Å²) in [5.41, 5.74) is 2.37. The van der Waals surface area contributed by atoms with Gasteiger partial charge in [-0.15, -0.1) is 11.8 Å². The zero-order valence-corrected chi connectivity index (χ0v) is 19.3. The lowest BCUT2D eigenvalue weighted by Crippen LogP contribution is -2.13. The van der Waals surface area contributed by atoms with Crippen molar-refractivity contribution in [1.29, 1.82) is 5.26 Å². The summed E-state index contributed by atoms with van der Waals surface area (Å²) in [7, 11) is 0. The zero-order valence-electron chi connectivity index (χ0n) is 17.6. The Morgan fingerprint density at radius 2 is 1.72 bits per heavy atom. The van der Waals surface area contributed by atoms with Crippen molar-refractivity contribution >= 4 is 35.0 Å². The van der Waals surface area contributed by atoms with Gasteiger partial charge in [-0.05, 0) is 17.7 Å². The Hall–Kier alpha value is -2.24. The van der Waals surface area contributed by atoms with Crippen LogP contribution in [0.3, 0.4) is 0 Å². The van der Waals surface area contributed by atoms with Gasteiger partial charge in [0, 0.05) is 28.4 Å². The van der Waals surface area contributed by atoms with Gasteiger partial charge in [0.1, 0.15) is 16.7 Å². The molecule has 29 heavy (non-hydrogen) atoms. The topological polar surface area (TPSA) is 78.9 Å². The van der Waals surface area contributed by atoms with Crippen LogP contribution >= 0.6 is 23.5 Å². The maximum absolute atomic E-state index is 9.95. The van der Waals surface area contributed by atoms with Gasteiger partial charge >= 0.3 is 0 Å². The third-order valence-corrected chi connectivity index (χ3v) is 5.94. The van der Waals surface area contributed by atoms with Gasteiger partial charge in [-0.3, -0.25) is 4.98 Å². The molecule has 0 amide bonds. The summed E-state index contributed by atoms with van der Waals surface area (Å²) < 4.78 is 1.71. The predicted octanol–water partition coefficient (Wildman–Crippen LogP) is 5.39.